The Bertz CT molecular complexity index is 459. The Morgan fingerprint density at radius 3 is 2.40 bits per heavy atom. The molecule has 1 aromatic rings. The third-order valence-electron chi connectivity index (χ3n) is 3.25. The second-order valence-corrected chi connectivity index (χ2v) is 4.72. The Kier molecular flexibility index (Phi) is 4.39. The van der Waals surface area contributed by atoms with Gasteiger partial charge in [-0.15, -0.1) is 0 Å². The lowest BCUT2D eigenvalue weighted by Gasteiger charge is -2.21. The van der Waals surface area contributed by atoms with Gasteiger partial charge in [0, 0.05) is 0 Å². The molecular weight excluding hydrogens is 270 g/mol. The van der Waals surface area contributed by atoms with Crippen molar-refractivity contribution in [3.05, 3.63) is 24.3 Å². The van der Waals surface area contributed by atoms with E-state index in [1.165, 1.54) is 24.3 Å². The van der Waals surface area contributed by atoms with Crippen molar-refractivity contribution in [3.8, 4) is 5.75 Å². The van der Waals surface area contributed by atoms with E-state index in [4.69, 9.17) is 0 Å². The van der Waals surface area contributed by atoms with E-state index in [1.807, 2.05) is 0 Å². The maximum absolute atomic E-state index is 12.0. The maximum Gasteiger partial charge on any atom is 0.387 e. The van der Waals surface area contributed by atoms with Gasteiger partial charge in [-0.2, -0.15) is 8.78 Å². The number of carbonyl (C=O) groups excluding carboxylic acids is 1. The van der Waals surface area contributed by atoms with Gasteiger partial charge < -0.3 is 9.84 Å². The van der Waals surface area contributed by atoms with Crippen molar-refractivity contribution in [1.29, 1.82) is 0 Å². The Balaban J connectivity index is 1.86. The number of rotatable bonds is 5. The molecule has 1 amide bonds. The fraction of sp³-hybridized carbons (Fsp3) is 0.462. The monoisotopic (exact) mass is 286 g/mol. The average molecular weight is 286 g/mol. The van der Waals surface area contributed by atoms with Crippen molar-refractivity contribution >= 4 is 11.6 Å². The SMILES string of the molecule is O=C(NNc1ccc(OC(F)F)cc1)C1(O)CCCC1. The standard InChI is InChI=1S/C13H16F2N2O3/c14-12(15)20-10-5-3-9(4-6-10)16-17-11(18)13(19)7-1-2-8-13/h3-6,12,16,19H,1-2,7-8H2,(H,17,18). The predicted molar refractivity (Wildman–Crippen MR) is 68.3 cm³/mol. The van der Waals surface area contributed by atoms with E-state index >= 15 is 0 Å². The summed E-state index contributed by atoms with van der Waals surface area (Å²) in [7, 11) is 0. The molecule has 110 valence electrons. The molecule has 0 heterocycles. The summed E-state index contributed by atoms with van der Waals surface area (Å²) in [6.45, 7) is -2.87. The number of hydrazine groups is 1. The fourth-order valence-electron chi connectivity index (χ4n) is 2.15. The number of hydrogen-bond acceptors (Lipinski definition) is 4. The summed E-state index contributed by atoms with van der Waals surface area (Å²) in [5.41, 5.74) is 4.23. The number of benzene rings is 1. The summed E-state index contributed by atoms with van der Waals surface area (Å²) in [5.74, 6) is -0.450. The zero-order chi connectivity index (χ0) is 14.6. The molecule has 7 heteroatoms. The normalized spacial score (nSPS) is 17.0. The molecule has 5 nitrogen and oxygen atoms in total. The third kappa shape index (κ3) is 3.57. The summed E-state index contributed by atoms with van der Waals surface area (Å²) < 4.78 is 28.1. The van der Waals surface area contributed by atoms with Crippen LogP contribution in [0.2, 0.25) is 0 Å². The average Bonchev–Trinajstić information content (AvgIpc) is 2.85. The molecule has 1 saturated carbocycles. The van der Waals surface area contributed by atoms with Crippen molar-refractivity contribution in [2.24, 2.45) is 0 Å². The minimum Gasteiger partial charge on any atom is -0.435 e. The Morgan fingerprint density at radius 1 is 1.25 bits per heavy atom. The molecule has 0 bridgehead atoms. The van der Waals surface area contributed by atoms with Crippen LogP contribution < -0.4 is 15.6 Å². The van der Waals surface area contributed by atoms with E-state index in [0.29, 0.717) is 18.5 Å². The van der Waals surface area contributed by atoms with E-state index in [1.54, 1.807) is 0 Å². The topological polar surface area (TPSA) is 70.6 Å². The van der Waals surface area contributed by atoms with E-state index in [2.05, 4.69) is 15.6 Å². The van der Waals surface area contributed by atoms with Crippen LogP contribution in [-0.4, -0.2) is 23.2 Å². The van der Waals surface area contributed by atoms with Crippen LogP contribution in [0.5, 0.6) is 5.75 Å². The molecule has 0 atom stereocenters. The van der Waals surface area contributed by atoms with Gasteiger partial charge in [0.1, 0.15) is 11.4 Å². The first kappa shape index (κ1) is 14.5. The lowest BCUT2D eigenvalue weighted by molar-refractivity contribution is -0.138. The summed E-state index contributed by atoms with van der Waals surface area (Å²) in [6.07, 6.45) is 2.54. The van der Waals surface area contributed by atoms with Gasteiger partial charge in [-0.05, 0) is 49.9 Å². The third-order valence-corrected chi connectivity index (χ3v) is 3.25. The quantitative estimate of drug-likeness (QED) is 0.724. The molecule has 1 aliphatic rings. The van der Waals surface area contributed by atoms with Crippen LogP contribution in [0.15, 0.2) is 24.3 Å². The number of nitrogens with one attached hydrogen (secondary N) is 2. The van der Waals surface area contributed by atoms with Crippen molar-refractivity contribution in [2.75, 3.05) is 5.43 Å². The molecule has 1 fully saturated rings. The number of carbonyl (C=O) groups is 1. The van der Waals surface area contributed by atoms with Crippen LogP contribution in [-0.2, 0) is 4.79 Å². The van der Waals surface area contributed by atoms with Gasteiger partial charge >= 0.3 is 6.61 Å². The highest BCUT2D eigenvalue weighted by atomic mass is 19.3. The predicted octanol–water partition coefficient (Wildman–Crippen LogP) is 2.04. The first-order chi connectivity index (χ1) is 9.49. The van der Waals surface area contributed by atoms with Crippen LogP contribution in [0.3, 0.4) is 0 Å². The molecule has 0 aliphatic heterocycles. The Labute approximate surface area is 114 Å². The van der Waals surface area contributed by atoms with E-state index in [9.17, 15) is 18.7 Å². The molecule has 20 heavy (non-hydrogen) atoms. The van der Waals surface area contributed by atoms with Gasteiger partial charge in [0.05, 0.1) is 5.69 Å². The first-order valence-electron chi connectivity index (χ1n) is 6.33. The van der Waals surface area contributed by atoms with E-state index < -0.39 is 18.1 Å². The number of anilines is 1. The van der Waals surface area contributed by atoms with Crippen LogP contribution in [0, 0.1) is 0 Å². The zero-order valence-electron chi connectivity index (χ0n) is 10.7. The van der Waals surface area contributed by atoms with Crippen LogP contribution in [0.25, 0.3) is 0 Å². The van der Waals surface area contributed by atoms with Crippen molar-refractivity contribution in [1.82, 2.24) is 5.43 Å². The maximum atomic E-state index is 12.0. The summed E-state index contributed by atoms with van der Waals surface area (Å²) in [4.78, 5) is 11.8. The number of aliphatic hydroxyl groups is 1. The minimum atomic E-state index is -2.87. The van der Waals surface area contributed by atoms with E-state index in [-0.39, 0.29) is 5.75 Å². The molecule has 1 aliphatic carbocycles. The summed E-state index contributed by atoms with van der Waals surface area (Å²) in [5, 5.41) is 10.0. The highest BCUT2D eigenvalue weighted by Crippen LogP contribution is 2.29. The van der Waals surface area contributed by atoms with Crippen molar-refractivity contribution in [3.63, 3.8) is 0 Å². The second-order valence-electron chi connectivity index (χ2n) is 4.72. The minimum absolute atomic E-state index is 0.0336. The largest absolute Gasteiger partial charge is 0.435 e. The fourth-order valence-corrected chi connectivity index (χ4v) is 2.15. The van der Waals surface area contributed by atoms with Gasteiger partial charge in [0.2, 0.25) is 0 Å². The lowest BCUT2D eigenvalue weighted by atomic mass is 10.0. The van der Waals surface area contributed by atoms with Crippen LogP contribution in [0.4, 0.5) is 14.5 Å². The summed E-state index contributed by atoms with van der Waals surface area (Å²) >= 11 is 0. The number of halogens is 2. The highest BCUT2D eigenvalue weighted by Gasteiger charge is 2.38. The molecule has 3 N–H and O–H groups in total. The van der Waals surface area contributed by atoms with Gasteiger partial charge in [-0.25, -0.2) is 0 Å². The second kappa shape index (κ2) is 6.04. The molecule has 0 saturated heterocycles. The number of alkyl halides is 2. The molecule has 0 unspecified atom stereocenters. The molecular formula is C13H16F2N2O3. The Hall–Kier alpha value is -1.89. The number of amides is 1. The lowest BCUT2D eigenvalue weighted by Crippen LogP contribution is -2.46. The van der Waals surface area contributed by atoms with Gasteiger partial charge in [0.15, 0.2) is 0 Å². The molecule has 0 aromatic heterocycles. The Morgan fingerprint density at radius 2 is 1.85 bits per heavy atom. The van der Waals surface area contributed by atoms with Gasteiger partial charge in [0.25, 0.3) is 5.91 Å². The first-order valence-corrected chi connectivity index (χ1v) is 6.33. The summed E-state index contributed by atoms with van der Waals surface area (Å²) in [6, 6.07) is 5.67. The van der Waals surface area contributed by atoms with Crippen molar-refractivity contribution in [2.45, 2.75) is 37.9 Å². The molecule has 0 spiro atoms. The van der Waals surface area contributed by atoms with Crippen LogP contribution >= 0.6 is 0 Å². The van der Waals surface area contributed by atoms with E-state index in [0.717, 1.165) is 12.8 Å². The van der Waals surface area contributed by atoms with Crippen molar-refractivity contribution < 1.29 is 23.4 Å². The van der Waals surface area contributed by atoms with Crippen LogP contribution in [0.1, 0.15) is 25.7 Å². The highest BCUT2D eigenvalue weighted by molar-refractivity contribution is 5.86. The number of hydrogen-bond donors (Lipinski definition) is 3. The van der Waals surface area contributed by atoms with Gasteiger partial charge in [-0.1, -0.05) is 0 Å². The molecule has 2 rings (SSSR count). The smallest absolute Gasteiger partial charge is 0.387 e. The molecule has 1 aromatic carbocycles. The van der Waals surface area contributed by atoms with Gasteiger partial charge in [-0.3, -0.25) is 15.6 Å². The zero-order valence-corrected chi connectivity index (χ0v) is 10.7. The number of ether oxygens (including phenoxy) is 1. The molecule has 0 radical (unpaired) electrons.